The predicted octanol–water partition coefficient (Wildman–Crippen LogP) is 0.202. The van der Waals surface area contributed by atoms with Crippen LogP contribution in [0.25, 0.3) is 0 Å². The van der Waals surface area contributed by atoms with Crippen LogP contribution in [0.3, 0.4) is 0 Å². The first-order valence-electron chi connectivity index (χ1n) is 3.36. The molecule has 1 aliphatic carbocycles. The second-order valence-corrected chi connectivity index (χ2v) is 3.05. The largest absolute Gasteiger partial charge is 0.269 e. The van der Waals surface area contributed by atoms with Crippen molar-refractivity contribution in [1.82, 2.24) is 5.01 Å². The van der Waals surface area contributed by atoms with Crippen LogP contribution in [0.5, 0.6) is 0 Å². The molecule has 2 heteroatoms. The van der Waals surface area contributed by atoms with E-state index in [0.717, 1.165) is 24.9 Å². The first kappa shape index (κ1) is 4.77. The molecule has 46 valence electrons. The van der Waals surface area contributed by atoms with Crippen molar-refractivity contribution in [3.63, 3.8) is 0 Å². The van der Waals surface area contributed by atoms with E-state index in [9.17, 15) is 0 Å². The summed E-state index contributed by atoms with van der Waals surface area (Å²) in [6.45, 7) is 2.31. The van der Waals surface area contributed by atoms with E-state index in [1.165, 1.54) is 12.8 Å². The lowest BCUT2D eigenvalue weighted by Gasteiger charge is -2.27. The normalized spacial score (nSPS) is 46.1. The van der Waals surface area contributed by atoms with Crippen molar-refractivity contribution in [2.45, 2.75) is 12.8 Å². The first-order chi connectivity index (χ1) is 3.86. The highest BCUT2D eigenvalue weighted by molar-refractivity contribution is 4.89. The number of nitrogens with two attached hydrogens (primary N) is 1. The zero-order chi connectivity index (χ0) is 5.56. The molecule has 0 aromatic heterocycles. The quantitative estimate of drug-likeness (QED) is 0.454. The number of nitrogens with zero attached hydrogens (tertiary/aromatic N) is 1. The fourth-order valence-electron chi connectivity index (χ4n) is 1.80. The van der Waals surface area contributed by atoms with E-state index in [4.69, 9.17) is 5.84 Å². The number of hydrazine groups is 1. The van der Waals surface area contributed by atoms with Gasteiger partial charge in [-0.05, 0) is 24.7 Å². The van der Waals surface area contributed by atoms with Gasteiger partial charge in [0, 0.05) is 13.1 Å². The third-order valence-corrected chi connectivity index (χ3v) is 2.51. The van der Waals surface area contributed by atoms with E-state index in [1.807, 2.05) is 5.01 Å². The third kappa shape index (κ3) is 0.501. The summed E-state index contributed by atoms with van der Waals surface area (Å²) < 4.78 is 0. The van der Waals surface area contributed by atoms with Gasteiger partial charge in [-0.2, -0.15) is 0 Å². The second kappa shape index (κ2) is 1.45. The predicted molar refractivity (Wildman–Crippen MR) is 32.0 cm³/mol. The van der Waals surface area contributed by atoms with Crippen LogP contribution in [0, 0.1) is 11.8 Å². The van der Waals surface area contributed by atoms with Crippen LogP contribution in [0.2, 0.25) is 0 Å². The highest BCUT2D eigenvalue weighted by Gasteiger charge is 2.37. The summed E-state index contributed by atoms with van der Waals surface area (Å²) in [5.74, 6) is 7.53. The van der Waals surface area contributed by atoms with Gasteiger partial charge in [-0.25, -0.2) is 5.01 Å². The fourth-order valence-corrected chi connectivity index (χ4v) is 1.80. The van der Waals surface area contributed by atoms with Crippen molar-refractivity contribution in [1.29, 1.82) is 0 Å². The molecule has 0 unspecified atom stereocenters. The van der Waals surface area contributed by atoms with Crippen LogP contribution < -0.4 is 5.84 Å². The molecule has 1 heterocycles. The van der Waals surface area contributed by atoms with Gasteiger partial charge in [0.05, 0.1) is 0 Å². The molecule has 8 heavy (non-hydrogen) atoms. The van der Waals surface area contributed by atoms with Crippen molar-refractivity contribution in [3.05, 3.63) is 0 Å². The Morgan fingerprint density at radius 1 is 1.12 bits per heavy atom. The first-order valence-corrected chi connectivity index (χ1v) is 3.36. The monoisotopic (exact) mass is 112 g/mol. The Balaban J connectivity index is 2.00. The Morgan fingerprint density at radius 2 is 1.62 bits per heavy atom. The number of hydrogen-bond acceptors (Lipinski definition) is 2. The molecule has 0 aromatic carbocycles. The van der Waals surface area contributed by atoms with Crippen molar-refractivity contribution in [2.75, 3.05) is 13.1 Å². The molecule has 0 spiro atoms. The molecule has 2 rings (SSSR count). The van der Waals surface area contributed by atoms with Crippen LogP contribution in [0.15, 0.2) is 0 Å². The minimum Gasteiger partial charge on any atom is -0.269 e. The van der Waals surface area contributed by atoms with Crippen LogP contribution in [0.1, 0.15) is 12.8 Å². The van der Waals surface area contributed by atoms with Crippen LogP contribution in [-0.4, -0.2) is 18.1 Å². The van der Waals surface area contributed by atoms with E-state index in [1.54, 1.807) is 0 Å². The Hall–Kier alpha value is -0.0800. The summed E-state index contributed by atoms with van der Waals surface area (Å²) in [5, 5.41) is 1.96. The smallest absolute Gasteiger partial charge is 0.0160 e. The molecule has 2 aliphatic rings. The molecule has 0 bridgehead atoms. The maximum Gasteiger partial charge on any atom is 0.0160 e. The van der Waals surface area contributed by atoms with Crippen LogP contribution >= 0.6 is 0 Å². The van der Waals surface area contributed by atoms with E-state index in [0.29, 0.717) is 0 Å². The van der Waals surface area contributed by atoms with Gasteiger partial charge in [0.15, 0.2) is 0 Å². The summed E-state index contributed by atoms with van der Waals surface area (Å²) in [6, 6.07) is 0. The maximum absolute atomic E-state index is 5.59. The van der Waals surface area contributed by atoms with Gasteiger partial charge in [-0.15, -0.1) is 0 Å². The Kier molecular flexibility index (Phi) is 0.866. The molecule has 2 fully saturated rings. The summed E-state index contributed by atoms with van der Waals surface area (Å²) in [4.78, 5) is 0. The van der Waals surface area contributed by atoms with Gasteiger partial charge < -0.3 is 0 Å². The number of rotatable bonds is 0. The third-order valence-electron chi connectivity index (χ3n) is 2.51. The Morgan fingerprint density at radius 3 is 1.88 bits per heavy atom. The fraction of sp³-hybridized carbons (Fsp3) is 1.00. The number of hydrogen-bond donors (Lipinski definition) is 1. The minimum absolute atomic E-state index is 0.972. The summed E-state index contributed by atoms with van der Waals surface area (Å²) in [6.07, 6.45) is 2.86. The maximum atomic E-state index is 5.59. The van der Waals surface area contributed by atoms with Gasteiger partial charge >= 0.3 is 0 Å². The van der Waals surface area contributed by atoms with Gasteiger partial charge in [0.2, 0.25) is 0 Å². The minimum atomic E-state index is 0.972. The average molecular weight is 112 g/mol. The Bertz CT molecular complexity index is 90.7. The van der Waals surface area contributed by atoms with E-state index in [2.05, 4.69) is 0 Å². The number of fused-ring (bicyclic) bond motifs is 1. The standard InChI is InChI=1S/C6H12N2/c7-8-3-5-1-2-6(5)4-8/h5-6H,1-4,7H2/t5-,6+. The second-order valence-electron chi connectivity index (χ2n) is 3.05. The lowest BCUT2D eigenvalue weighted by molar-refractivity contribution is 0.243. The van der Waals surface area contributed by atoms with Gasteiger partial charge in [0.1, 0.15) is 0 Å². The highest BCUT2D eigenvalue weighted by atomic mass is 15.4. The molecular weight excluding hydrogens is 100 g/mol. The zero-order valence-corrected chi connectivity index (χ0v) is 5.01. The van der Waals surface area contributed by atoms with Crippen LogP contribution in [0.4, 0.5) is 0 Å². The van der Waals surface area contributed by atoms with E-state index < -0.39 is 0 Å². The van der Waals surface area contributed by atoms with Gasteiger partial charge in [-0.1, -0.05) is 0 Å². The molecular formula is C6H12N2. The molecule has 1 saturated carbocycles. The molecule has 1 saturated heterocycles. The molecule has 0 radical (unpaired) electrons. The lowest BCUT2D eigenvalue weighted by atomic mass is 9.77. The molecule has 1 aliphatic heterocycles. The topological polar surface area (TPSA) is 29.3 Å². The van der Waals surface area contributed by atoms with E-state index in [-0.39, 0.29) is 0 Å². The average Bonchev–Trinajstić information content (AvgIpc) is 1.91. The van der Waals surface area contributed by atoms with Crippen molar-refractivity contribution in [3.8, 4) is 0 Å². The lowest BCUT2D eigenvalue weighted by Crippen LogP contribution is -2.27. The molecule has 0 amide bonds. The summed E-state index contributed by atoms with van der Waals surface area (Å²) >= 11 is 0. The summed E-state index contributed by atoms with van der Waals surface area (Å²) in [7, 11) is 0. The summed E-state index contributed by atoms with van der Waals surface area (Å²) in [5.41, 5.74) is 0. The SMILES string of the molecule is NN1C[C@H]2CC[C@H]2C1. The van der Waals surface area contributed by atoms with Gasteiger partial charge in [-0.3, -0.25) is 5.84 Å². The molecule has 2 N–H and O–H groups in total. The highest BCUT2D eigenvalue weighted by Crippen LogP contribution is 2.38. The molecule has 2 atom stereocenters. The van der Waals surface area contributed by atoms with Crippen molar-refractivity contribution < 1.29 is 0 Å². The van der Waals surface area contributed by atoms with E-state index >= 15 is 0 Å². The van der Waals surface area contributed by atoms with Crippen molar-refractivity contribution in [2.24, 2.45) is 17.7 Å². The molecule has 2 nitrogen and oxygen atoms in total. The van der Waals surface area contributed by atoms with Gasteiger partial charge in [0.25, 0.3) is 0 Å². The zero-order valence-electron chi connectivity index (χ0n) is 5.01. The molecule has 0 aromatic rings. The van der Waals surface area contributed by atoms with Crippen molar-refractivity contribution >= 4 is 0 Å². The Labute approximate surface area is 49.6 Å². The van der Waals surface area contributed by atoms with Crippen LogP contribution in [-0.2, 0) is 0 Å².